The predicted octanol–water partition coefficient (Wildman–Crippen LogP) is 3.44. The minimum absolute atomic E-state index is 0.276. The summed E-state index contributed by atoms with van der Waals surface area (Å²) in [5, 5.41) is 0. The van der Waals surface area contributed by atoms with Gasteiger partial charge in [-0.2, -0.15) is 0 Å². The van der Waals surface area contributed by atoms with Crippen molar-refractivity contribution in [1.29, 1.82) is 0 Å². The molecule has 1 aliphatic rings. The molecule has 6 nitrogen and oxygen atoms in total. The Morgan fingerprint density at radius 2 is 1.71 bits per heavy atom. The summed E-state index contributed by atoms with van der Waals surface area (Å²) in [6, 6.07) is 16.3. The first-order chi connectivity index (χ1) is 15.2. The van der Waals surface area contributed by atoms with E-state index in [0.29, 0.717) is 19.6 Å². The van der Waals surface area contributed by atoms with Crippen LogP contribution in [0, 0.1) is 0 Å². The van der Waals surface area contributed by atoms with Crippen molar-refractivity contribution in [2.45, 2.75) is 38.8 Å². The van der Waals surface area contributed by atoms with E-state index in [9.17, 15) is 4.79 Å². The molecule has 1 heterocycles. The van der Waals surface area contributed by atoms with Gasteiger partial charge in [0.2, 0.25) is 5.91 Å². The van der Waals surface area contributed by atoms with Crippen molar-refractivity contribution in [3.05, 3.63) is 59.7 Å². The largest absolute Gasteiger partial charge is 0.493 e. The Morgan fingerprint density at radius 1 is 0.935 bits per heavy atom. The van der Waals surface area contributed by atoms with Gasteiger partial charge in [0.05, 0.1) is 13.7 Å². The highest BCUT2D eigenvalue weighted by atomic mass is 16.5. The standard InChI is InChI=1S/C25H35N3O3/c1-30-23-12-11-22(19-26)18-24(23)31-17-7-3-6-10-25(29)28-15-13-27(14-16-28)20-21-8-4-2-5-9-21/h2,4-5,8-9,11-12,18H,3,6-7,10,13-17,19-20,26H2,1H3. The molecular weight excluding hydrogens is 390 g/mol. The van der Waals surface area contributed by atoms with Crippen LogP contribution in [-0.2, 0) is 17.9 Å². The molecule has 168 valence electrons. The molecule has 2 N–H and O–H groups in total. The van der Waals surface area contributed by atoms with Crippen LogP contribution in [0.4, 0.5) is 0 Å². The van der Waals surface area contributed by atoms with Crippen molar-refractivity contribution >= 4 is 5.91 Å². The van der Waals surface area contributed by atoms with Gasteiger partial charge >= 0.3 is 0 Å². The number of hydrogen-bond acceptors (Lipinski definition) is 5. The summed E-state index contributed by atoms with van der Waals surface area (Å²) in [5.74, 6) is 1.73. The van der Waals surface area contributed by atoms with Crippen LogP contribution in [0.5, 0.6) is 11.5 Å². The lowest BCUT2D eigenvalue weighted by atomic mass is 10.1. The highest BCUT2D eigenvalue weighted by molar-refractivity contribution is 5.76. The van der Waals surface area contributed by atoms with Gasteiger partial charge in [-0.25, -0.2) is 0 Å². The maximum absolute atomic E-state index is 12.5. The van der Waals surface area contributed by atoms with Crippen LogP contribution < -0.4 is 15.2 Å². The Balaban J connectivity index is 1.29. The summed E-state index contributed by atoms with van der Waals surface area (Å²) in [6.45, 7) is 5.58. The Kier molecular flexibility index (Phi) is 9.18. The molecule has 0 saturated carbocycles. The average Bonchev–Trinajstić information content (AvgIpc) is 2.82. The quantitative estimate of drug-likeness (QED) is 0.559. The summed E-state index contributed by atoms with van der Waals surface area (Å²) in [6.07, 6.45) is 3.39. The van der Waals surface area contributed by atoms with Gasteiger partial charge in [0.1, 0.15) is 0 Å². The summed E-state index contributed by atoms with van der Waals surface area (Å²) < 4.78 is 11.2. The van der Waals surface area contributed by atoms with Gasteiger partial charge in [0, 0.05) is 45.7 Å². The normalized spacial score (nSPS) is 14.5. The number of rotatable bonds is 11. The lowest BCUT2D eigenvalue weighted by Crippen LogP contribution is -2.48. The third-order valence-electron chi connectivity index (χ3n) is 5.73. The fourth-order valence-electron chi connectivity index (χ4n) is 3.85. The summed E-state index contributed by atoms with van der Waals surface area (Å²) in [5.41, 5.74) is 8.05. The molecule has 0 unspecified atom stereocenters. The molecule has 2 aromatic rings. The van der Waals surface area contributed by atoms with Gasteiger partial charge in [-0.3, -0.25) is 9.69 Å². The second kappa shape index (κ2) is 12.3. The zero-order chi connectivity index (χ0) is 21.9. The first-order valence-electron chi connectivity index (χ1n) is 11.2. The highest BCUT2D eigenvalue weighted by Crippen LogP contribution is 2.28. The number of hydrogen-bond donors (Lipinski definition) is 1. The number of piperazine rings is 1. The van der Waals surface area contributed by atoms with Gasteiger partial charge in [0.15, 0.2) is 11.5 Å². The molecule has 0 bridgehead atoms. The zero-order valence-electron chi connectivity index (χ0n) is 18.6. The van der Waals surface area contributed by atoms with Crippen molar-refractivity contribution in [2.75, 3.05) is 39.9 Å². The topological polar surface area (TPSA) is 68.0 Å². The molecule has 0 radical (unpaired) electrons. The third-order valence-corrected chi connectivity index (χ3v) is 5.73. The van der Waals surface area contributed by atoms with E-state index >= 15 is 0 Å². The second-order valence-electron chi connectivity index (χ2n) is 7.99. The van der Waals surface area contributed by atoms with E-state index in [1.54, 1.807) is 7.11 Å². The highest BCUT2D eigenvalue weighted by Gasteiger charge is 2.20. The van der Waals surface area contributed by atoms with E-state index < -0.39 is 0 Å². The molecule has 2 aromatic carbocycles. The smallest absolute Gasteiger partial charge is 0.222 e. The summed E-state index contributed by atoms with van der Waals surface area (Å²) in [7, 11) is 1.64. The molecule has 0 aliphatic carbocycles. The third kappa shape index (κ3) is 7.26. The minimum atomic E-state index is 0.276. The van der Waals surface area contributed by atoms with Crippen molar-refractivity contribution in [3.63, 3.8) is 0 Å². The SMILES string of the molecule is COc1ccc(CN)cc1OCCCCCC(=O)N1CCN(Cc2ccccc2)CC1. The second-order valence-corrected chi connectivity index (χ2v) is 7.99. The lowest BCUT2D eigenvalue weighted by molar-refractivity contribution is -0.133. The van der Waals surface area contributed by atoms with Crippen LogP contribution in [0.25, 0.3) is 0 Å². The number of carbonyl (C=O) groups excluding carboxylic acids is 1. The molecule has 6 heteroatoms. The van der Waals surface area contributed by atoms with Crippen LogP contribution in [-0.4, -0.2) is 55.6 Å². The van der Waals surface area contributed by atoms with E-state index in [1.165, 1.54) is 5.56 Å². The number of methoxy groups -OCH3 is 1. The molecule has 0 aromatic heterocycles. The molecule has 1 saturated heterocycles. The van der Waals surface area contributed by atoms with Crippen molar-refractivity contribution in [1.82, 2.24) is 9.80 Å². The molecule has 3 rings (SSSR count). The van der Waals surface area contributed by atoms with Crippen LogP contribution in [0.2, 0.25) is 0 Å². The van der Waals surface area contributed by atoms with E-state index in [-0.39, 0.29) is 5.91 Å². The van der Waals surface area contributed by atoms with Gasteiger partial charge < -0.3 is 20.1 Å². The van der Waals surface area contributed by atoms with Crippen LogP contribution in [0.1, 0.15) is 36.8 Å². The Morgan fingerprint density at radius 3 is 2.42 bits per heavy atom. The summed E-state index contributed by atoms with van der Waals surface area (Å²) in [4.78, 5) is 17.0. The van der Waals surface area contributed by atoms with E-state index in [2.05, 4.69) is 29.2 Å². The van der Waals surface area contributed by atoms with Gasteiger partial charge in [-0.15, -0.1) is 0 Å². The van der Waals surface area contributed by atoms with Crippen LogP contribution in [0.15, 0.2) is 48.5 Å². The fraction of sp³-hybridized carbons (Fsp3) is 0.480. The lowest BCUT2D eigenvalue weighted by Gasteiger charge is -2.34. The Labute approximate surface area is 185 Å². The number of unbranched alkanes of at least 4 members (excludes halogenated alkanes) is 2. The first kappa shape index (κ1) is 23.1. The Hall–Kier alpha value is -2.57. The zero-order valence-corrected chi connectivity index (χ0v) is 18.6. The molecule has 1 fully saturated rings. The first-order valence-corrected chi connectivity index (χ1v) is 11.2. The van der Waals surface area contributed by atoms with E-state index in [1.807, 2.05) is 29.2 Å². The average molecular weight is 426 g/mol. The maximum atomic E-state index is 12.5. The molecule has 0 atom stereocenters. The molecule has 0 spiro atoms. The fourth-order valence-corrected chi connectivity index (χ4v) is 3.85. The number of benzene rings is 2. The monoisotopic (exact) mass is 425 g/mol. The van der Waals surface area contributed by atoms with Crippen LogP contribution >= 0.6 is 0 Å². The molecule has 1 amide bonds. The van der Waals surface area contributed by atoms with E-state index in [0.717, 1.165) is 69.0 Å². The molecule has 1 aliphatic heterocycles. The number of carbonyl (C=O) groups is 1. The van der Waals surface area contributed by atoms with Crippen molar-refractivity contribution in [3.8, 4) is 11.5 Å². The minimum Gasteiger partial charge on any atom is -0.493 e. The van der Waals surface area contributed by atoms with Gasteiger partial charge in [-0.1, -0.05) is 36.4 Å². The van der Waals surface area contributed by atoms with Crippen molar-refractivity contribution in [2.24, 2.45) is 5.73 Å². The molecule has 31 heavy (non-hydrogen) atoms. The van der Waals surface area contributed by atoms with Crippen molar-refractivity contribution < 1.29 is 14.3 Å². The van der Waals surface area contributed by atoms with Gasteiger partial charge in [0.25, 0.3) is 0 Å². The maximum Gasteiger partial charge on any atom is 0.222 e. The van der Waals surface area contributed by atoms with Gasteiger partial charge in [-0.05, 0) is 42.5 Å². The van der Waals surface area contributed by atoms with E-state index in [4.69, 9.17) is 15.2 Å². The predicted molar refractivity (Wildman–Crippen MR) is 123 cm³/mol. The summed E-state index contributed by atoms with van der Waals surface area (Å²) >= 11 is 0. The van der Waals surface area contributed by atoms with Crippen LogP contribution in [0.3, 0.4) is 0 Å². The number of nitrogens with two attached hydrogens (primary N) is 1. The number of ether oxygens (including phenoxy) is 2. The Bertz CT molecular complexity index is 805. The molecular formula is C25H35N3O3. The number of amides is 1. The number of nitrogens with zero attached hydrogens (tertiary/aromatic N) is 2.